The van der Waals surface area contributed by atoms with E-state index < -0.39 is 0 Å². The van der Waals surface area contributed by atoms with Gasteiger partial charge in [0.05, 0.1) is 11.8 Å². The number of hydrogen-bond acceptors (Lipinski definition) is 4. The molecule has 0 aromatic carbocycles. The lowest BCUT2D eigenvalue weighted by Gasteiger charge is -1.44. The van der Waals surface area contributed by atoms with Gasteiger partial charge in [-0.15, -0.1) is 0 Å². The van der Waals surface area contributed by atoms with Gasteiger partial charge in [-0.05, 0) is 0 Å². The van der Waals surface area contributed by atoms with Crippen LogP contribution >= 0.6 is 11.8 Å². The predicted molar refractivity (Wildman–Crippen MR) is 23.8 cm³/mol. The molecule has 0 atom stereocenters. The van der Waals surface area contributed by atoms with Gasteiger partial charge in [0.25, 0.3) is 0 Å². The predicted octanol–water partition coefficient (Wildman–Crippen LogP) is 0.844. The molecule has 3 nitrogen and oxygen atoms in total. The summed E-state index contributed by atoms with van der Waals surface area (Å²) >= 11 is 0.574. The SMILES string of the molecule is N.N#CSC#N. The van der Waals surface area contributed by atoms with Crippen molar-refractivity contribution in [2.75, 3.05) is 0 Å². The molecule has 3 N–H and O–H groups in total. The Hall–Kier alpha value is -0.710. The summed E-state index contributed by atoms with van der Waals surface area (Å²) in [5.41, 5.74) is 0. The molecule has 0 spiro atoms. The van der Waals surface area contributed by atoms with Crippen molar-refractivity contribution in [2.24, 2.45) is 0 Å². The molecule has 0 bridgehead atoms. The molecule has 0 saturated heterocycles. The zero-order valence-corrected chi connectivity index (χ0v) is 3.83. The molecule has 32 valence electrons. The molecule has 0 rings (SSSR count). The van der Waals surface area contributed by atoms with Crippen LogP contribution in [0.5, 0.6) is 0 Å². The number of hydrogen-bond donors (Lipinski definition) is 1. The van der Waals surface area contributed by atoms with E-state index in [4.69, 9.17) is 10.5 Å². The molecule has 0 aliphatic rings. The number of thiocyanates is 2. The highest BCUT2D eigenvalue weighted by molar-refractivity contribution is 8.07. The molecule has 0 aliphatic carbocycles. The minimum Gasteiger partial charge on any atom is -0.344 e. The molecular weight excluding hydrogens is 98.1 g/mol. The summed E-state index contributed by atoms with van der Waals surface area (Å²) in [6.45, 7) is 0. The van der Waals surface area contributed by atoms with E-state index in [1.165, 1.54) is 0 Å². The maximum Gasteiger partial charge on any atom is 0.149 e. The standard InChI is InChI=1S/C2N2S.H3N/c3-1-5-2-4;/h;1H3. The van der Waals surface area contributed by atoms with Gasteiger partial charge < -0.3 is 6.15 Å². The van der Waals surface area contributed by atoms with Gasteiger partial charge >= 0.3 is 0 Å². The normalized spacial score (nSPS) is 3.67. The van der Waals surface area contributed by atoms with Crippen molar-refractivity contribution in [1.29, 1.82) is 10.5 Å². The molecular formula is C2H3N3S. The lowest BCUT2D eigenvalue weighted by atomic mass is 11.8. The van der Waals surface area contributed by atoms with Crippen molar-refractivity contribution in [3.8, 4) is 10.8 Å². The third kappa shape index (κ3) is 10.4. The van der Waals surface area contributed by atoms with Crippen LogP contribution < -0.4 is 6.15 Å². The summed E-state index contributed by atoms with van der Waals surface area (Å²) < 4.78 is 0. The van der Waals surface area contributed by atoms with E-state index in [0.29, 0.717) is 11.8 Å². The van der Waals surface area contributed by atoms with E-state index in [2.05, 4.69) is 0 Å². The molecule has 0 amide bonds. The van der Waals surface area contributed by atoms with Gasteiger partial charge in [0.1, 0.15) is 10.8 Å². The van der Waals surface area contributed by atoms with Crippen LogP contribution in [0, 0.1) is 21.3 Å². The van der Waals surface area contributed by atoms with Crippen molar-refractivity contribution < 1.29 is 0 Å². The fourth-order valence-corrected chi connectivity index (χ4v) is 0.0612. The topological polar surface area (TPSA) is 82.6 Å². The van der Waals surface area contributed by atoms with E-state index in [1.807, 2.05) is 0 Å². The van der Waals surface area contributed by atoms with Crippen LogP contribution in [0.15, 0.2) is 0 Å². The second-order valence-corrected chi connectivity index (χ2v) is 0.854. The highest BCUT2D eigenvalue weighted by Gasteiger charge is 1.62. The van der Waals surface area contributed by atoms with Crippen LogP contribution in [0.4, 0.5) is 0 Å². The van der Waals surface area contributed by atoms with Crippen LogP contribution in [0.1, 0.15) is 0 Å². The molecule has 0 fully saturated rings. The molecule has 4 heteroatoms. The highest BCUT2D eigenvalue weighted by atomic mass is 32.2. The van der Waals surface area contributed by atoms with Crippen LogP contribution in [0.3, 0.4) is 0 Å². The second-order valence-electron chi connectivity index (χ2n) is 0.285. The first-order valence-corrected chi connectivity index (χ1v) is 1.67. The van der Waals surface area contributed by atoms with E-state index in [1.54, 1.807) is 10.8 Å². The summed E-state index contributed by atoms with van der Waals surface area (Å²) in [5, 5.41) is 18.3. The molecule has 0 saturated carbocycles. The Bertz CT molecular complexity index is 73.9. The van der Waals surface area contributed by atoms with E-state index >= 15 is 0 Å². The largest absolute Gasteiger partial charge is 0.344 e. The maximum atomic E-state index is 7.56. The third-order valence-electron chi connectivity index (χ3n) is 0.0913. The molecule has 6 heavy (non-hydrogen) atoms. The van der Waals surface area contributed by atoms with Crippen molar-refractivity contribution in [3.05, 3.63) is 0 Å². The lowest BCUT2D eigenvalue weighted by molar-refractivity contribution is 1.56. The zero-order valence-electron chi connectivity index (χ0n) is 3.01. The first-order valence-electron chi connectivity index (χ1n) is 0.855. The molecule has 0 heterocycles. The molecule has 0 radical (unpaired) electrons. The van der Waals surface area contributed by atoms with Gasteiger partial charge in [0.15, 0.2) is 0 Å². The van der Waals surface area contributed by atoms with Crippen LogP contribution in [-0.2, 0) is 0 Å². The Morgan fingerprint density at radius 1 is 1.17 bits per heavy atom. The number of rotatable bonds is 0. The molecule has 0 aromatic heterocycles. The Kier molecular flexibility index (Phi) is 13.3. The van der Waals surface area contributed by atoms with Crippen molar-refractivity contribution in [2.45, 2.75) is 0 Å². The zero-order chi connectivity index (χ0) is 4.12. The van der Waals surface area contributed by atoms with Gasteiger partial charge in [-0.25, -0.2) is 0 Å². The fourth-order valence-electron chi connectivity index (χ4n) is 0.0204. The number of thioether (sulfide) groups is 1. The average molecular weight is 101 g/mol. The molecule has 0 aliphatic heterocycles. The van der Waals surface area contributed by atoms with E-state index in [9.17, 15) is 0 Å². The molecule has 0 aromatic rings. The minimum absolute atomic E-state index is 0. The average Bonchev–Trinajstić information content (AvgIpc) is 1.41. The Morgan fingerprint density at radius 2 is 1.50 bits per heavy atom. The fraction of sp³-hybridized carbons (Fsp3) is 0. The summed E-state index contributed by atoms with van der Waals surface area (Å²) in [6.07, 6.45) is 0. The lowest BCUT2D eigenvalue weighted by Crippen LogP contribution is -1.29. The van der Waals surface area contributed by atoms with Crippen LogP contribution in [0.25, 0.3) is 0 Å². The van der Waals surface area contributed by atoms with Crippen molar-refractivity contribution >= 4 is 11.8 Å². The van der Waals surface area contributed by atoms with Crippen LogP contribution in [-0.4, -0.2) is 0 Å². The van der Waals surface area contributed by atoms with Gasteiger partial charge in [-0.1, -0.05) is 0 Å². The maximum absolute atomic E-state index is 7.56. The van der Waals surface area contributed by atoms with Gasteiger partial charge in [-0.3, -0.25) is 0 Å². The Morgan fingerprint density at radius 3 is 1.50 bits per heavy atom. The first kappa shape index (κ1) is 8.99. The Labute approximate surface area is 40.1 Å². The molecule has 0 unspecified atom stereocenters. The third-order valence-corrected chi connectivity index (χ3v) is 0.274. The summed E-state index contributed by atoms with van der Waals surface area (Å²) in [6, 6.07) is 0. The summed E-state index contributed by atoms with van der Waals surface area (Å²) in [5.74, 6) is 0. The number of nitrogens with zero attached hydrogens (tertiary/aromatic N) is 2. The van der Waals surface area contributed by atoms with Gasteiger partial charge in [0.2, 0.25) is 0 Å². The minimum atomic E-state index is 0. The van der Waals surface area contributed by atoms with E-state index in [-0.39, 0.29) is 6.15 Å². The first-order chi connectivity index (χ1) is 2.41. The summed E-state index contributed by atoms with van der Waals surface area (Å²) in [7, 11) is 0. The van der Waals surface area contributed by atoms with Gasteiger partial charge in [-0.2, -0.15) is 10.5 Å². The second kappa shape index (κ2) is 8.85. The Balaban J connectivity index is 0. The quantitative estimate of drug-likeness (QED) is 0.458. The smallest absolute Gasteiger partial charge is 0.149 e. The monoisotopic (exact) mass is 101 g/mol. The van der Waals surface area contributed by atoms with Crippen molar-refractivity contribution in [3.63, 3.8) is 0 Å². The van der Waals surface area contributed by atoms with Gasteiger partial charge in [0, 0.05) is 0 Å². The van der Waals surface area contributed by atoms with Crippen LogP contribution in [0.2, 0.25) is 0 Å². The van der Waals surface area contributed by atoms with E-state index in [0.717, 1.165) is 0 Å². The summed E-state index contributed by atoms with van der Waals surface area (Å²) in [4.78, 5) is 0. The van der Waals surface area contributed by atoms with Crippen molar-refractivity contribution in [1.82, 2.24) is 6.15 Å². The number of nitriles is 2. The highest BCUT2D eigenvalue weighted by Crippen LogP contribution is 1.85.